The standard InChI is InChI=1S/C15H20ClN3O.2ClH/c16-11-3-6-13(18-12-4-5-12)14(7-11)19-15(20)9-17-8-10-1-2-10;;/h3,6-7,10,12,17-18H,1-2,4-5,8-9H2,(H,19,20);2*1H. The van der Waals surface area contributed by atoms with E-state index in [4.69, 9.17) is 11.6 Å². The Balaban J connectivity index is 0.00000121. The number of halogens is 3. The van der Waals surface area contributed by atoms with Crippen LogP contribution in [0.25, 0.3) is 0 Å². The third kappa shape index (κ3) is 6.21. The van der Waals surface area contributed by atoms with Crippen LogP contribution in [-0.4, -0.2) is 25.0 Å². The van der Waals surface area contributed by atoms with Crippen molar-refractivity contribution in [1.29, 1.82) is 0 Å². The molecule has 0 spiro atoms. The molecule has 0 saturated heterocycles. The van der Waals surface area contributed by atoms with Crippen molar-refractivity contribution in [3.63, 3.8) is 0 Å². The Morgan fingerprint density at radius 2 is 1.86 bits per heavy atom. The van der Waals surface area contributed by atoms with Gasteiger partial charge in [-0.3, -0.25) is 4.79 Å². The molecule has 22 heavy (non-hydrogen) atoms. The molecule has 3 rings (SSSR count). The minimum atomic E-state index is -0.0215. The molecule has 0 bridgehead atoms. The van der Waals surface area contributed by atoms with Crippen LogP contribution in [-0.2, 0) is 4.79 Å². The summed E-state index contributed by atoms with van der Waals surface area (Å²) in [6.45, 7) is 1.29. The summed E-state index contributed by atoms with van der Waals surface area (Å²) in [7, 11) is 0. The lowest BCUT2D eigenvalue weighted by atomic mass is 10.2. The van der Waals surface area contributed by atoms with E-state index in [-0.39, 0.29) is 30.7 Å². The summed E-state index contributed by atoms with van der Waals surface area (Å²) in [5.74, 6) is 0.757. The molecule has 0 atom stereocenters. The molecule has 0 unspecified atom stereocenters. The highest BCUT2D eigenvalue weighted by Gasteiger charge is 2.23. The van der Waals surface area contributed by atoms with Gasteiger partial charge in [0.2, 0.25) is 5.91 Å². The zero-order valence-electron chi connectivity index (χ0n) is 12.2. The Labute approximate surface area is 148 Å². The van der Waals surface area contributed by atoms with Gasteiger partial charge in [0, 0.05) is 11.1 Å². The number of hydrogen-bond donors (Lipinski definition) is 3. The van der Waals surface area contributed by atoms with E-state index in [1.165, 1.54) is 25.7 Å². The third-order valence-electron chi connectivity index (χ3n) is 3.61. The van der Waals surface area contributed by atoms with Gasteiger partial charge in [-0.1, -0.05) is 11.6 Å². The largest absolute Gasteiger partial charge is 0.381 e. The van der Waals surface area contributed by atoms with Crippen molar-refractivity contribution in [3.8, 4) is 0 Å². The van der Waals surface area contributed by atoms with E-state index in [9.17, 15) is 4.79 Å². The lowest BCUT2D eigenvalue weighted by Crippen LogP contribution is -2.29. The summed E-state index contributed by atoms with van der Waals surface area (Å²) in [6.07, 6.45) is 4.97. The maximum absolute atomic E-state index is 11.9. The molecule has 2 aliphatic carbocycles. The van der Waals surface area contributed by atoms with E-state index in [1.807, 2.05) is 12.1 Å². The second kappa shape index (κ2) is 8.82. The molecular weight excluding hydrogens is 345 g/mol. The summed E-state index contributed by atoms with van der Waals surface area (Å²) >= 11 is 6.01. The first-order valence-corrected chi connectivity index (χ1v) is 7.65. The van der Waals surface area contributed by atoms with Gasteiger partial charge in [-0.15, -0.1) is 24.8 Å². The number of anilines is 2. The first-order chi connectivity index (χ1) is 9.70. The molecule has 1 amide bonds. The number of nitrogens with one attached hydrogen (secondary N) is 3. The SMILES string of the molecule is Cl.Cl.O=C(CNCC1CC1)Nc1cc(Cl)ccc1NC1CC1. The van der Waals surface area contributed by atoms with Gasteiger partial charge in [0.15, 0.2) is 0 Å². The molecule has 1 aromatic rings. The van der Waals surface area contributed by atoms with Crippen molar-refractivity contribution in [3.05, 3.63) is 23.2 Å². The highest BCUT2D eigenvalue weighted by Crippen LogP contribution is 2.31. The van der Waals surface area contributed by atoms with Crippen molar-refractivity contribution in [1.82, 2.24) is 5.32 Å². The predicted molar refractivity (Wildman–Crippen MR) is 96.8 cm³/mol. The lowest BCUT2D eigenvalue weighted by Gasteiger charge is -2.13. The molecule has 7 heteroatoms. The van der Waals surface area contributed by atoms with Gasteiger partial charge in [0.05, 0.1) is 17.9 Å². The van der Waals surface area contributed by atoms with Gasteiger partial charge < -0.3 is 16.0 Å². The molecular formula is C15H22Cl3N3O. The fourth-order valence-corrected chi connectivity index (χ4v) is 2.27. The van der Waals surface area contributed by atoms with Crippen LogP contribution < -0.4 is 16.0 Å². The second-order valence-electron chi connectivity index (χ2n) is 5.73. The second-order valence-corrected chi connectivity index (χ2v) is 6.17. The van der Waals surface area contributed by atoms with Gasteiger partial charge >= 0.3 is 0 Å². The van der Waals surface area contributed by atoms with E-state index >= 15 is 0 Å². The van der Waals surface area contributed by atoms with Gasteiger partial charge in [-0.05, 0) is 56.3 Å². The van der Waals surface area contributed by atoms with Crippen LogP contribution in [0.3, 0.4) is 0 Å². The first kappa shape index (κ1) is 19.4. The summed E-state index contributed by atoms with van der Waals surface area (Å²) < 4.78 is 0. The van der Waals surface area contributed by atoms with Crippen LogP contribution >= 0.6 is 36.4 Å². The van der Waals surface area contributed by atoms with E-state index in [0.29, 0.717) is 17.6 Å². The van der Waals surface area contributed by atoms with E-state index in [1.54, 1.807) is 6.07 Å². The maximum Gasteiger partial charge on any atom is 0.238 e. The molecule has 0 aliphatic heterocycles. The molecule has 4 nitrogen and oxygen atoms in total. The van der Waals surface area contributed by atoms with Crippen molar-refractivity contribution in [2.45, 2.75) is 31.7 Å². The molecule has 2 saturated carbocycles. The molecule has 0 aromatic heterocycles. The number of rotatable bonds is 7. The maximum atomic E-state index is 11.9. The van der Waals surface area contributed by atoms with Crippen molar-refractivity contribution in [2.24, 2.45) is 5.92 Å². The minimum absolute atomic E-state index is 0. The topological polar surface area (TPSA) is 53.2 Å². The minimum Gasteiger partial charge on any atom is -0.381 e. The van der Waals surface area contributed by atoms with E-state index in [0.717, 1.165) is 23.8 Å². The molecule has 1 aromatic carbocycles. The summed E-state index contributed by atoms with van der Waals surface area (Å²) in [5.41, 5.74) is 1.72. The quantitative estimate of drug-likeness (QED) is 0.690. The zero-order valence-corrected chi connectivity index (χ0v) is 14.6. The van der Waals surface area contributed by atoms with Crippen LogP contribution in [0.5, 0.6) is 0 Å². The number of amides is 1. The van der Waals surface area contributed by atoms with Gasteiger partial charge in [-0.2, -0.15) is 0 Å². The van der Waals surface area contributed by atoms with Crippen LogP contribution in [0.4, 0.5) is 11.4 Å². The number of carbonyl (C=O) groups excluding carboxylic acids is 1. The van der Waals surface area contributed by atoms with Crippen LogP contribution in [0, 0.1) is 5.92 Å². The Morgan fingerprint density at radius 1 is 1.14 bits per heavy atom. The summed E-state index contributed by atoms with van der Waals surface area (Å²) in [6, 6.07) is 6.10. The smallest absolute Gasteiger partial charge is 0.238 e. The molecule has 0 heterocycles. The van der Waals surface area contributed by atoms with E-state index < -0.39 is 0 Å². The van der Waals surface area contributed by atoms with E-state index in [2.05, 4.69) is 16.0 Å². The monoisotopic (exact) mass is 365 g/mol. The first-order valence-electron chi connectivity index (χ1n) is 7.27. The Hall–Kier alpha value is -0.680. The number of benzene rings is 1. The van der Waals surface area contributed by atoms with Crippen LogP contribution in [0.1, 0.15) is 25.7 Å². The number of carbonyl (C=O) groups is 1. The third-order valence-corrected chi connectivity index (χ3v) is 3.84. The average molecular weight is 367 g/mol. The zero-order chi connectivity index (χ0) is 13.9. The van der Waals surface area contributed by atoms with Gasteiger partial charge in [-0.25, -0.2) is 0 Å². The molecule has 124 valence electrons. The van der Waals surface area contributed by atoms with Crippen molar-refractivity contribution in [2.75, 3.05) is 23.7 Å². The molecule has 0 radical (unpaired) electrons. The number of hydrogen-bond acceptors (Lipinski definition) is 3. The lowest BCUT2D eigenvalue weighted by molar-refractivity contribution is -0.115. The molecule has 2 fully saturated rings. The fourth-order valence-electron chi connectivity index (χ4n) is 2.10. The predicted octanol–water partition coefficient (Wildman–Crippen LogP) is 3.70. The van der Waals surface area contributed by atoms with Gasteiger partial charge in [0.1, 0.15) is 0 Å². The normalized spacial score (nSPS) is 16.2. The molecule has 3 N–H and O–H groups in total. The average Bonchev–Trinajstić information content (AvgIpc) is 3.27. The fraction of sp³-hybridized carbons (Fsp3) is 0.533. The van der Waals surface area contributed by atoms with Crippen molar-refractivity contribution >= 4 is 53.7 Å². The Morgan fingerprint density at radius 3 is 2.50 bits per heavy atom. The van der Waals surface area contributed by atoms with Crippen molar-refractivity contribution < 1.29 is 4.79 Å². The highest BCUT2D eigenvalue weighted by molar-refractivity contribution is 6.31. The Bertz CT molecular complexity index is 505. The highest BCUT2D eigenvalue weighted by atomic mass is 35.5. The molecule has 2 aliphatic rings. The van der Waals surface area contributed by atoms with Crippen LogP contribution in [0.15, 0.2) is 18.2 Å². The summed E-state index contributed by atoms with van der Waals surface area (Å²) in [5, 5.41) is 10.2. The van der Waals surface area contributed by atoms with Gasteiger partial charge in [0.25, 0.3) is 0 Å². The van der Waals surface area contributed by atoms with Crippen LogP contribution in [0.2, 0.25) is 5.02 Å². The Kier molecular flexibility index (Phi) is 7.77. The summed E-state index contributed by atoms with van der Waals surface area (Å²) in [4.78, 5) is 11.9.